The van der Waals surface area contributed by atoms with E-state index in [1.807, 2.05) is 19.9 Å². The molecule has 0 saturated carbocycles. The van der Waals surface area contributed by atoms with Crippen LogP contribution in [0.5, 0.6) is 0 Å². The number of ether oxygens (including phenoxy) is 1. The Hall–Kier alpha value is -1.74. The predicted molar refractivity (Wildman–Crippen MR) is 104 cm³/mol. The Balaban J connectivity index is 1.66. The van der Waals surface area contributed by atoms with Gasteiger partial charge in [-0.05, 0) is 32.0 Å². The van der Waals surface area contributed by atoms with Crippen molar-refractivity contribution in [2.24, 2.45) is 0 Å². The normalized spacial score (nSPS) is 21.3. The lowest BCUT2D eigenvalue weighted by Gasteiger charge is -2.34. The first kappa shape index (κ1) is 20.0. The average Bonchev–Trinajstić information content (AvgIpc) is 2.60. The Bertz CT molecular complexity index is 941. The maximum atomic E-state index is 12.5. The molecule has 0 radical (unpaired) electrons. The Kier molecular flexibility index (Phi) is 6.00. The number of fused-ring (bicyclic) bond motifs is 1. The number of hydrogen-bond acceptors (Lipinski definition) is 5. The number of benzene rings is 1. The van der Waals surface area contributed by atoms with Gasteiger partial charge in [0.15, 0.2) is 0 Å². The zero-order valence-corrected chi connectivity index (χ0v) is 16.8. The molecule has 1 N–H and O–H groups in total. The number of halogens is 1. The molecule has 1 amide bonds. The van der Waals surface area contributed by atoms with Gasteiger partial charge in [-0.3, -0.25) is 9.78 Å². The van der Waals surface area contributed by atoms with Crippen LogP contribution in [0.15, 0.2) is 30.5 Å². The van der Waals surface area contributed by atoms with Gasteiger partial charge in [0.2, 0.25) is 10.0 Å². The molecule has 2 atom stereocenters. The number of pyridine rings is 1. The van der Waals surface area contributed by atoms with E-state index in [9.17, 15) is 13.2 Å². The summed E-state index contributed by atoms with van der Waals surface area (Å²) in [5, 5.41) is 3.83. The predicted octanol–water partition coefficient (Wildman–Crippen LogP) is 2.06. The first-order valence-electron chi connectivity index (χ1n) is 8.72. The van der Waals surface area contributed by atoms with Gasteiger partial charge < -0.3 is 10.1 Å². The van der Waals surface area contributed by atoms with E-state index in [2.05, 4.69) is 10.3 Å². The van der Waals surface area contributed by atoms with E-state index >= 15 is 0 Å². The fraction of sp³-hybridized carbons (Fsp3) is 0.444. The van der Waals surface area contributed by atoms with Crippen LogP contribution in [-0.4, -0.2) is 61.2 Å². The van der Waals surface area contributed by atoms with Gasteiger partial charge in [-0.25, -0.2) is 8.42 Å². The molecule has 3 rings (SSSR count). The molecule has 0 aliphatic carbocycles. The molecular formula is C18H22ClN3O4S. The van der Waals surface area contributed by atoms with Crippen molar-refractivity contribution in [2.45, 2.75) is 26.1 Å². The van der Waals surface area contributed by atoms with Crippen molar-refractivity contribution in [1.82, 2.24) is 14.6 Å². The van der Waals surface area contributed by atoms with Crippen LogP contribution in [0.2, 0.25) is 5.02 Å². The lowest BCUT2D eigenvalue weighted by atomic mass is 10.1. The number of rotatable bonds is 5. The Morgan fingerprint density at radius 1 is 1.33 bits per heavy atom. The molecular weight excluding hydrogens is 390 g/mol. The molecule has 1 aromatic carbocycles. The summed E-state index contributed by atoms with van der Waals surface area (Å²) in [7, 11) is -3.48. The van der Waals surface area contributed by atoms with Crippen LogP contribution in [0.3, 0.4) is 0 Å². The molecule has 2 unspecified atom stereocenters. The molecule has 1 aliphatic rings. The third-order valence-electron chi connectivity index (χ3n) is 4.34. The van der Waals surface area contributed by atoms with Crippen LogP contribution in [0, 0.1) is 0 Å². The van der Waals surface area contributed by atoms with Crippen LogP contribution in [0.4, 0.5) is 0 Å². The van der Waals surface area contributed by atoms with Crippen LogP contribution in [0.1, 0.15) is 24.2 Å². The number of morpholine rings is 1. The summed E-state index contributed by atoms with van der Waals surface area (Å²) in [6, 6.07) is 6.84. The quantitative estimate of drug-likeness (QED) is 0.813. The Morgan fingerprint density at radius 2 is 2.04 bits per heavy atom. The highest BCUT2D eigenvalue weighted by Gasteiger charge is 2.30. The number of sulfonamides is 1. The molecule has 2 heterocycles. The van der Waals surface area contributed by atoms with Gasteiger partial charge in [0.05, 0.1) is 29.0 Å². The first-order chi connectivity index (χ1) is 12.8. The molecule has 0 spiro atoms. The van der Waals surface area contributed by atoms with Crippen molar-refractivity contribution in [3.63, 3.8) is 0 Å². The summed E-state index contributed by atoms with van der Waals surface area (Å²) in [6.07, 6.45) is 1.29. The van der Waals surface area contributed by atoms with E-state index in [0.717, 1.165) is 5.39 Å². The summed E-state index contributed by atoms with van der Waals surface area (Å²) in [5.74, 6) is -0.579. The molecule has 146 valence electrons. The number of carbonyl (C=O) groups is 1. The minimum Gasteiger partial charge on any atom is -0.373 e. The Labute approximate surface area is 163 Å². The van der Waals surface area contributed by atoms with Crippen molar-refractivity contribution in [3.8, 4) is 0 Å². The second kappa shape index (κ2) is 8.10. The summed E-state index contributed by atoms with van der Waals surface area (Å²) in [5.41, 5.74) is 0.849. The highest BCUT2D eigenvalue weighted by atomic mass is 35.5. The van der Waals surface area contributed by atoms with Crippen LogP contribution in [0.25, 0.3) is 10.9 Å². The first-order valence-corrected chi connectivity index (χ1v) is 10.7. The van der Waals surface area contributed by atoms with Crippen molar-refractivity contribution >= 4 is 38.4 Å². The number of carbonyl (C=O) groups excluding carboxylic acids is 1. The molecule has 7 nitrogen and oxygen atoms in total. The number of hydrogen-bond donors (Lipinski definition) is 1. The summed E-state index contributed by atoms with van der Waals surface area (Å²) < 4.78 is 32.1. The molecule has 27 heavy (non-hydrogen) atoms. The van der Waals surface area contributed by atoms with E-state index in [-0.39, 0.29) is 24.5 Å². The van der Waals surface area contributed by atoms with Crippen LogP contribution >= 0.6 is 11.6 Å². The average molecular weight is 412 g/mol. The van der Waals surface area contributed by atoms with Gasteiger partial charge >= 0.3 is 0 Å². The fourth-order valence-electron chi connectivity index (χ4n) is 3.20. The SMILES string of the molecule is CC1CN(S(=O)(=O)CCNC(=O)c2cc(Cl)cc3cccnc23)CC(C)O1. The minimum atomic E-state index is -3.48. The van der Waals surface area contributed by atoms with E-state index in [0.29, 0.717) is 29.2 Å². The molecule has 1 fully saturated rings. The van der Waals surface area contributed by atoms with Crippen molar-refractivity contribution in [1.29, 1.82) is 0 Å². The summed E-state index contributed by atoms with van der Waals surface area (Å²) in [4.78, 5) is 16.8. The third-order valence-corrected chi connectivity index (χ3v) is 6.36. The molecule has 0 bridgehead atoms. The van der Waals surface area contributed by atoms with Crippen molar-refractivity contribution in [3.05, 3.63) is 41.0 Å². The number of nitrogens with zero attached hydrogens (tertiary/aromatic N) is 2. The number of nitrogens with one attached hydrogen (secondary N) is 1. The monoisotopic (exact) mass is 411 g/mol. The van der Waals surface area contributed by atoms with Gasteiger partial charge in [-0.2, -0.15) is 4.31 Å². The van der Waals surface area contributed by atoms with Gasteiger partial charge in [-0.1, -0.05) is 17.7 Å². The number of aromatic nitrogens is 1. The number of amides is 1. The summed E-state index contributed by atoms with van der Waals surface area (Å²) >= 11 is 6.08. The van der Waals surface area contributed by atoms with Crippen LogP contribution in [-0.2, 0) is 14.8 Å². The molecule has 1 aromatic heterocycles. The van der Waals surface area contributed by atoms with E-state index in [1.165, 1.54) is 10.4 Å². The third kappa shape index (κ3) is 4.76. The molecule has 1 aliphatic heterocycles. The highest BCUT2D eigenvalue weighted by Crippen LogP contribution is 2.22. The van der Waals surface area contributed by atoms with E-state index in [1.54, 1.807) is 18.3 Å². The van der Waals surface area contributed by atoms with Gasteiger partial charge in [0, 0.05) is 36.2 Å². The topological polar surface area (TPSA) is 88.6 Å². The molecule has 9 heteroatoms. The Morgan fingerprint density at radius 3 is 2.74 bits per heavy atom. The second-order valence-electron chi connectivity index (χ2n) is 6.67. The van der Waals surface area contributed by atoms with Gasteiger partial charge in [0.1, 0.15) is 0 Å². The second-order valence-corrected chi connectivity index (χ2v) is 9.20. The van der Waals surface area contributed by atoms with Gasteiger partial charge in [0.25, 0.3) is 5.91 Å². The van der Waals surface area contributed by atoms with Crippen LogP contribution < -0.4 is 5.32 Å². The lowest BCUT2D eigenvalue weighted by molar-refractivity contribution is -0.0440. The molecule has 2 aromatic rings. The summed E-state index contributed by atoms with van der Waals surface area (Å²) in [6.45, 7) is 4.34. The van der Waals surface area contributed by atoms with Crippen molar-refractivity contribution < 1.29 is 17.9 Å². The fourth-order valence-corrected chi connectivity index (χ4v) is 4.92. The zero-order valence-electron chi connectivity index (χ0n) is 15.2. The highest BCUT2D eigenvalue weighted by molar-refractivity contribution is 7.89. The van der Waals surface area contributed by atoms with E-state index < -0.39 is 15.9 Å². The van der Waals surface area contributed by atoms with E-state index in [4.69, 9.17) is 16.3 Å². The largest absolute Gasteiger partial charge is 0.373 e. The lowest BCUT2D eigenvalue weighted by Crippen LogP contribution is -2.49. The molecule has 1 saturated heterocycles. The standard InChI is InChI=1S/C18H22ClN3O4S/c1-12-10-22(11-13(2)26-12)27(24,25)7-6-21-18(23)16-9-15(19)8-14-4-3-5-20-17(14)16/h3-5,8-9,12-13H,6-7,10-11H2,1-2H3,(H,21,23). The van der Waals surface area contributed by atoms with Gasteiger partial charge in [-0.15, -0.1) is 0 Å². The maximum Gasteiger partial charge on any atom is 0.253 e. The minimum absolute atomic E-state index is 0.00211. The maximum absolute atomic E-state index is 12.5. The van der Waals surface area contributed by atoms with Crippen molar-refractivity contribution in [2.75, 3.05) is 25.4 Å². The smallest absolute Gasteiger partial charge is 0.253 e. The zero-order chi connectivity index (χ0) is 19.6.